The van der Waals surface area contributed by atoms with E-state index < -0.39 is 29.7 Å². The Kier molecular flexibility index (Phi) is 4.65. The number of rotatable bonds is 3. The summed E-state index contributed by atoms with van der Waals surface area (Å²) in [6.45, 7) is 2.17. The molecule has 1 saturated carbocycles. The van der Waals surface area contributed by atoms with Crippen molar-refractivity contribution in [1.82, 2.24) is 24.5 Å². The minimum absolute atomic E-state index is 0.182. The van der Waals surface area contributed by atoms with Gasteiger partial charge in [-0.3, -0.25) is 14.2 Å². The molecular formula is C22H21F4N5O. The Balaban J connectivity index is 1.50. The third-order valence-electron chi connectivity index (χ3n) is 6.44. The predicted molar refractivity (Wildman–Crippen MR) is 107 cm³/mol. The Labute approximate surface area is 181 Å². The lowest BCUT2D eigenvalue weighted by molar-refractivity contribution is 0.0672. The Morgan fingerprint density at radius 1 is 1.12 bits per heavy atom. The normalized spacial score (nSPS) is 22.2. The van der Waals surface area contributed by atoms with Crippen LogP contribution >= 0.6 is 0 Å². The molecule has 32 heavy (non-hydrogen) atoms. The zero-order chi connectivity index (χ0) is 22.9. The molecule has 3 heterocycles. The van der Waals surface area contributed by atoms with Crippen molar-refractivity contribution in [2.45, 2.75) is 37.9 Å². The first-order chi connectivity index (χ1) is 15.2. The molecule has 1 fully saturated rings. The van der Waals surface area contributed by atoms with Gasteiger partial charge in [0.2, 0.25) is 0 Å². The van der Waals surface area contributed by atoms with E-state index in [0.717, 1.165) is 17.7 Å². The first kappa shape index (κ1) is 20.7. The van der Waals surface area contributed by atoms with Gasteiger partial charge in [-0.1, -0.05) is 0 Å². The highest BCUT2D eigenvalue weighted by atomic mass is 19.2. The minimum atomic E-state index is -1.52. The SMILES string of the molecule is C[C@H]1c2nn(C)c(-c3cc(F)c(F)c(F)c3)c2CCN1C(=O)c1cnn(C)c1[C@@H]1C[C@@H]1F. The van der Waals surface area contributed by atoms with Gasteiger partial charge in [-0.05, 0) is 31.9 Å². The summed E-state index contributed by atoms with van der Waals surface area (Å²) in [6, 6.07) is 1.47. The molecule has 1 aliphatic heterocycles. The number of aromatic nitrogens is 4. The molecule has 0 radical (unpaired) electrons. The summed E-state index contributed by atoms with van der Waals surface area (Å²) in [4.78, 5) is 15.0. The number of benzene rings is 1. The van der Waals surface area contributed by atoms with Gasteiger partial charge in [-0.25, -0.2) is 17.6 Å². The van der Waals surface area contributed by atoms with Crippen LogP contribution < -0.4 is 0 Å². The molecule has 0 spiro atoms. The molecule has 10 heteroatoms. The second kappa shape index (κ2) is 7.18. The maximum absolute atomic E-state index is 13.8. The van der Waals surface area contributed by atoms with Crippen molar-refractivity contribution in [2.75, 3.05) is 6.54 Å². The lowest BCUT2D eigenvalue weighted by Crippen LogP contribution is -2.39. The number of halogens is 4. The average molecular weight is 447 g/mol. The molecular weight excluding hydrogens is 426 g/mol. The van der Waals surface area contributed by atoms with Gasteiger partial charge >= 0.3 is 0 Å². The molecule has 1 aromatic carbocycles. The lowest BCUT2D eigenvalue weighted by Gasteiger charge is -2.33. The number of amides is 1. The largest absolute Gasteiger partial charge is 0.330 e. The number of hydrogen-bond donors (Lipinski definition) is 0. The third-order valence-corrected chi connectivity index (χ3v) is 6.44. The number of carbonyl (C=O) groups excluding carboxylic acids is 1. The number of fused-ring (bicyclic) bond motifs is 1. The number of nitrogens with zero attached hydrogens (tertiary/aromatic N) is 5. The summed E-state index contributed by atoms with van der Waals surface area (Å²) in [5, 5.41) is 8.67. The van der Waals surface area contributed by atoms with Crippen molar-refractivity contribution in [2.24, 2.45) is 14.1 Å². The van der Waals surface area contributed by atoms with E-state index in [2.05, 4.69) is 10.2 Å². The van der Waals surface area contributed by atoms with E-state index in [9.17, 15) is 22.4 Å². The monoisotopic (exact) mass is 447 g/mol. The van der Waals surface area contributed by atoms with E-state index in [1.165, 1.54) is 10.9 Å². The summed E-state index contributed by atoms with van der Waals surface area (Å²) in [5.41, 5.74) is 3.00. The van der Waals surface area contributed by atoms with Crippen LogP contribution in [0.4, 0.5) is 17.6 Å². The van der Waals surface area contributed by atoms with Crippen LogP contribution in [0.1, 0.15) is 52.6 Å². The quantitative estimate of drug-likeness (QED) is 0.453. The van der Waals surface area contributed by atoms with Crippen LogP contribution in [-0.4, -0.2) is 43.1 Å². The Hall–Kier alpha value is -3.17. The van der Waals surface area contributed by atoms with Crippen LogP contribution in [0.25, 0.3) is 11.3 Å². The van der Waals surface area contributed by atoms with Crippen LogP contribution in [0, 0.1) is 17.5 Å². The molecule has 0 unspecified atom stereocenters. The highest BCUT2D eigenvalue weighted by molar-refractivity contribution is 5.96. The molecule has 1 amide bonds. The van der Waals surface area contributed by atoms with Crippen LogP contribution in [0.5, 0.6) is 0 Å². The summed E-state index contributed by atoms with van der Waals surface area (Å²) >= 11 is 0. The molecule has 0 N–H and O–H groups in total. The van der Waals surface area contributed by atoms with Crippen molar-refractivity contribution in [3.8, 4) is 11.3 Å². The van der Waals surface area contributed by atoms with Crippen LogP contribution in [-0.2, 0) is 20.5 Å². The lowest BCUT2D eigenvalue weighted by atomic mass is 9.95. The fourth-order valence-electron chi connectivity index (χ4n) is 4.73. The summed E-state index contributed by atoms with van der Waals surface area (Å²) in [7, 11) is 3.33. The smallest absolute Gasteiger partial charge is 0.257 e. The van der Waals surface area contributed by atoms with Gasteiger partial charge < -0.3 is 4.90 Å². The summed E-state index contributed by atoms with van der Waals surface area (Å²) < 4.78 is 57.9. The van der Waals surface area contributed by atoms with E-state index in [1.54, 1.807) is 23.7 Å². The van der Waals surface area contributed by atoms with Crippen LogP contribution in [0.15, 0.2) is 18.3 Å². The van der Waals surface area contributed by atoms with E-state index >= 15 is 0 Å². The fraction of sp³-hybridized carbons (Fsp3) is 0.409. The first-order valence-electron chi connectivity index (χ1n) is 10.4. The van der Waals surface area contributed by atoms with Gasteiger partial charge in [-0.2, -0.15) is 10.2 Å². The standard InChI is InChI=1S/C22H21F4N5O/c1-10-19-12(20(30(3)28-19)11-6-16(24)18(26)17(25)7-11)4-5-31(10)22(32)14-9-27-29(2)21(14)13-8-15(13)23/h6-7,9-10,13,15H,4-5,8H2,1-3H3/t10-,13+,15-/m0/s1. The molecule has 5 rings (SSSR count). The topological polar surface area (TPSA) is 56.0 Å². The van der Waals surface area contributed by atoms with Gasteiger partial charge in [0.15, 0.2) is 17.5 Å². The predicted octanol–water partition coefficient (Wildman–Crippen LogP) is 3.82. The molecule has 2 aromatic heterocycles. The number of aryl methyl sites for hydroxylation is 2. The number of hydrogen-bond acceptors (Lipinski definition) is 3. The molecule has 168 valence electrons. The van der Waals surface area contributed by atoms with Crippen LogP contribution in [0.3, 0.4) is 0 Å². The zero-order valence-corrected chi connectivity index (χ0v) is 17.7. The molecule has 6 nitrogen and oxygen atoms in total. The van der Waals surface area contributed by atoms with Crippen molar-refractivity contribution >= 4 is 5.91 Å². The van der Waals surface area contributed by atoms with Crippen molar-refractivity contribution in [1.29, 1.82) is 0 Å². The Morgan fingerprint density at radius 2 is 1.78 bits per heavy atom. The number of alkyl halides is 1. The van der Waals surface area contributed by atoms with Crippen LogP contribution in [0.2, 0.25) is 0 Å². The zero-order valence-electron chi connectivity index (χ0n) is 17.7. The maximum Gasteiger partial charge on any atom is 0.257 e. The second-order valence-corrected chi connectivity index (χ2v) is 8.44. The molecule has 3 atom stereocenters. The van der Waals surface area contributed by atoms with Gasteiger partial charge in [0.05, 0.1) is 34.9 Å². The van der Waals surface area contributed by atoms with E-state index in [0.29, 0.717) is 42.0 Å². The third kappa shape index (κ3) is 3.03. The van der Waals surface area contributed by atoms with Gasteiger partial charge in [-0.15, -0.1) is 0 Å². The highest BCUT2D eigenvalue weighted by Gasteiger charge is 2.44. The Bertz CT molecular complexity index is 1230. The molecule has 0 saturated heterocycles. The van der Waals surface area contributed by atoms with Gasteiger partial charge in [0.25, 0.3) is 5.91 Å². The average Bonchev–Trinajstić information content (AvgIpc) is 3.16. The minimum Gasteiger partial charge on any atom is -0.330 e. The summed E-state index contributed by atoms with van der Waals surface area (Å²) in [5.74, 6) is -4.64. The first-order valence-corrected chi connectivity index (χ1v) is 10.4. The fourth-order valence-corrected chi connectivity index (χ4v) is 4.73. The number of carbonyl (C=O) groups is 1. The van der Waals surface area contributed by atoms with Crippen molar-refractivity contribution < 1.29 is 22.4 Å². The van der Waals surface area contributed by atoms with Gasteiger partial charge in [0, 0.05) is 37.7 Å². The van der Waals surface area contributed by atoms with E-state index in [-0.39, 0.29) is 17.4 Å². The van der Waals surface area contributed by atoms with E-state index in [1.807, 2.05) is 6.92 Å². The summed E-state index contributed by atoms with van der Waals surface area (Å²) in [6.07, 6.45) is 1.30. The molecule has 1 aliphatic carbocycles. The maximum atomic E-state index is 13.8. The Morgan fingerprint density at radius 3 is 2.41 bits per heavy atom. The molecule has 0 bridgehead atoms. The van der Waals surface area contributed by atoms with Crippen molar-refractivity contribution in [3.63, 3.8) is 0 Å². The highest BCUT2D eigenvalue weighted by Crippen LogP contribution is 2.45. The molecule has 2 aliphatic rings. The molecule has 3 aromatic rings. The second-order valence-electron chi connectivity index (χ2n) is 8.44. The van der Waals surface area contributed by atoms with E-state index in [4.69, 9.17) is 0 Å². The van der Waals surface area contributed by atoms with Crippen molar-refractivity contribution in [3.05, 3.63) is 58.3 Å². The van der Waals surface area contributed by atoms with Gasteiger partial charge in [0.1, 0.15) is 6.17 Å².